The number of pyridine rings is 1. The molecule has 0 radical (unpaired) electrons. The van der Waals surface area contributed by atoms with Crippen LogP contribution in [0.5, 0.6) is 0 Å². The molecular weight excluding hydrogens is 1410 g/mol. The Balaban J connectivity index is 0.000000606. The van der Waals surface area contributed by atoms with Crippen LogP contribution in [0.15, 0.2) is 136 Å². The maximum atomic E-state index is 5.09. The number of hydrogen-bond acceptors (Lipinski definition) is 16. The third-order valence-electron chi connectivity index (χ3n) is 19.5. The standard InChI is InChI=1S/C10H14.C9H20N2.C9H19N.C9H17N.C9H13N.C8H17N.C7H12N2.C7H11NO.C7H15N.C7H10S.C6H9NS.C5H10N4/c1-10(2,3)9-7-5-4-6-8-9;1-9(2,3)11-7-4-5-10-6-8-11;2*1-9(2,3)8-4-6-10-7-5-8;1-9(2,3)8-6-4-5-7-10-8;1-8(2,3)9-6-4-5-7-9;1-7(2,3)9-6-4-5-8-9;1-7(2,3)6-4-8-5-9-6;1-7(2,3)8-5-4-6-8;1-6(2)7-3-4-8-5-7;1-5(2)6-3-8-4-7-6;1-5(2,3)9-4-6-7-8-9/h4-8H,1-3H3;10H,4-8H2,1-3H3;8,10H,4-7H2,1-3H3;4,10H,5-7H2,1-3H3;4-7H,1-3H3;4-7H2,1-3H3;4-6H,1-3H3;4-5H,1-3H3;4-6H2,1-3H3;3-6H,1-2H3;3-5H,1-2H3;4H,1-3H3. The molecule has 0 atom stereocenters. The van der Waals surface area contributed by atoms with Gasteiger partial charge < -0.3 is 20.4 Å². The van der Waals surface area contributed by atoms with Crippen molar-refractivity contribution < 1.29 is 4.42 Å². The lowest BCUT2D eigenvalue weighted by Gasteiger charge is -2.42. The van der Waals surface area contributed by atoms with E-state index in [1.807, 2.05) is 61.6 Å². The highest BCUT2D eigenvalue weighted by atomic mass is 32.1. The number of thiazole rings is 1. The largest absolute Gasteiger partial charge is 0.448 e. The van der Waals surface area contributed by atoms with Gasteiger partial charge in [0.1, 0.15) is 12.1 Å². The molecule has 11 heterocycles. The van der Waals surface area contributed by atoms with Crippen LogP contribution in [0.3, 0.4) is 0 Å². The first kappa shape index (κ1) is 104. The molecule has 0 aliphatic carbocycles. The number of tetrazole rings is 1. The fourth-order valence-corrected chi connectivity index (χ4v) is 13.0. The highest BCUT2D eigenvalue weighted by Gasteiger charge is 2.28. The van der Waals surface area contributed by atoms with E-state index in [1.54, 1.807) is 51.6 Å². The normalized spacial score (nSPS) is 16.2. The molecule has 12 rings (SSSR count). The van der Waals surface area contributed by atoms with E-state index >= 15 is 0 Å². The molecule has 16 nitrogen and oxygen atoms in total. The summed E-state index contributed by atoms with van der Waals surface area (Å²) >= 11 is 3.42. The molecule has 111 heavy (non-hydrogen) atoms. The average molecular weight is 1580 g/mol. The van der Waals surface area contributed by atoms with Crippen molar-refractivity contribution >= 4 is 22.7 Å². The second-order valence-electron chi connectivity index (χ2n) is 40.5. The van der Waals surface area contributed by atoms with Gasteiger partial charge in [0.2, 0.25) is 0 Å². The smallest absolute Gasteiger partial charge is 0.180 e. The van der Waals surface area contributed by atoms with Crippen molar-refractivity contribution in [2.24, 2.45) is 16.7 Å². The number of piperidine rings is 1. The van der Waals surface area contributed by atoms with Crippen LogP contribution in [-0.2, 0) is 27.3 Å². The Labute approximate surface area is 689 Å². The summed E-state index contributed by atoms with van der Waals surface area (Å²) in [5.41, 5.74) is 11.5. The van der Waals surface area contributed by atoms with E-state index in [4.69, 9.17) is 4.42 Å². The van der Waals surface area contributed by atoms with Crippen LogP contribution >= 0.6 is 22.7 Å². The summed E-state index contributed by atoms with van der Waals surface area (Å²) in [6, 6.07) is 20.7. The zero-order chi connectivity index (χ0) is 84.6. The number of hydrogen-bond donors (Lipinski definition) is 3. The van der Waals surface area contributed by atoms with Gasteiger partial charge in [-0.25, -0.2) is 14.6 Å². The number of nitrogens with one attached hydrogen (secondary N) is 3. The number of oxazole rings is 1. The van der Waals surface area contributed by atoms with E-state index in [9.17, 15) is 0 Å². The van der Waals surface area contributed by atoms with Gasteiger partial charge in [-0.2, -0.15) is 16.4 Å². The quantitative estimate of drug-likeness (QED) is 0.140. The van der Waals surface area contributed by atoms with Crippen molar-refractivity contribution in [2.45, 2.75) is 336 Å². The number of rotatable bonds is 2. The second-order valence-corrected chi connectivity index (χ2v) is 42.0. The molecule has 0 saturated carbocycles. The molecule has 6 aromatic heterocycles. The van der Waals surface area contributed by atoms with Crippen LogP contribution in [0.1, 0.15) is 320 Å². The first-order valence-corrected chi connectivity index (χ1v) is 43.6. The number of thiophene rings is 1. The second kappa shape index (κ2) is 50.2. The first-order chi connectivity index (χ1) is 51.2. The fourth-order valence-electron chi connectivity index (χ4n) is 11.5. The van der Waals surface area contributed by atoms with Crippen LogP contribution in [0.4, 0.5) is 0 Å². The summed E-state index contributed by atoms with van der Waals surface area (Å²) in [5.74, 6) is 3.15. The molecule has 3 N–H and O–H groups in total. The molecule has 0 unspecified atom stereocenters. The molecular formula is C93H167N15OS2. The zero-order valence-electron chi connectivity index (χ0n) is 77.4. The Morgan fingerprint density at radius 1 is 0.477 bits per heavy atom. The molecule has 5 aliphatic heterocycles. The third kappa shape index (κ3) is 48.0. The minimum atomic E-state index is 0.00347. The van der Waals surface area contributed by atoms with Crippen LogP contribution in [0, 0.1) is 16.7 Å². The molecule has 7 aromatic rings. The Morgan fingerprint density at radius 2 is 1.03 bits per heavy atom. The summed E-state index contributed by atoms with van der Waals surface area (Å²) in [6.45, 7) is 89.8. The molecule has 0 bridgehead atoms. The van der Waals surface area contributed by atoms with Crippen molar-refractivity contribution in [1.29, 1.82) is 0 Å². The summed E-state index contributed by atoms with van der Waals surface area (Å²) in [5, 5.41) is 31.4. The Kier molecular flexibility index (Phi) is 46.9. The van der Waals surface area contributed by atoms with E-state index in [-0.39, 0.29) is 21.9 Å². The maximum absolute atomic E-state index is 5.09. The molecule has 4 fully saturated rings. The van der Waals surface area contributed by atoms with Crippen molar-refractivity contribution in [3.63, 3.8) is 0 Å². The van der Waals surface area contributed by atoms with Crippen LogP contribution in [0.25, 0.3) is 0 Å². The number of likely N-dealkylation sites (tertiary alicyclic amines) is 2. The van der Waals surface area contributed by atoms with E-state index < -0.39 is 0 Å². The van der Waals surface area contributed by atoms with E-state index in [1.165, 1.54) is 127 Å². The van der Waals surface area contributed by atoms with Gasteiger partial charge in [0.15, 0.2) is 6.39 Å². The summed E-state index contributed by atoms with van der Waals surface area (Å²) in [7, 11) is 0. The zero-order valence-corrected chi connectivity index (χ0v) is 79.0. The lowest BCUT2D eigenvalue weighted by molar-refractivity contribution is 0.0690. The summed E-state index contributed by atoms with van der Waals surface area (Å²) in [4.78, 5) is 19.8. The fraction of sp³-hybridized carbons (Fsp3) is 0.710. The Bertz CT molecular complexity index is 3110. The molecule has 18 heteroatoms. The number of benzene rings is 1. The number of aromatic nitrogens is 9. The van der Waals surface area contributed by atoms with Crippen molar-refractivity contribution in [3.8, 4) is 0 Å². The summed E-state index contributed by atoms with van der Waals surface area (Å²) < 4.78 is 8.74. The Morgan fingerprint density at radius 3 is 1.31 bits per heavy atom. The molecule has 632 valence electrons. The molecule has 0 amide bonds. The molecule has 4 saturated heterocycles. The van der Waals surface area contributed by atoms with Gasteiger partial charge in [-0.05, 0) is 298 Å². The molecule has 5 aliphatic rings. The monoisotopic (exact) mass is 1570 g/mol. The van der Waals surface area contributed by atoms with E-state index in [2.05, 4.69) is 346 Å². The van der Waals surface area contributed by atoms with Crippen LogP contribution in [-0.4, -0.2) is 155 Å². The minimum Gasteiger partial charge on any atom is -0.448 e. The lowest BCUT2D eigenvalue weighted by atomic mass is 9.76. The topological polar surface area (TPSA) is 159 Å². The van der Waals surface area contributed by atoms with E-state index in [0.29, 0.717) is 44.7 Å². The van der Waals surface area contributed by atoms with Crippen LogP contribution < -0.4 is 16.0 Å². The van der Waals surface area contributed by atoms with Crippen molar-refractivity contribution in [2.75, 3.05) is 78.5 Å². The highest BCUT2D eigenvalue weighted by molar-refractivity contribution is 7.08. The molecule has 1 aromatic carbocycles. The average Bonchev–Trinajstić information content (AvgIpc) is 1.79. The minimum absolute atomic E-state index is 0.00347. The SMILES string of the molecule is CC(C)(C)C1=CCNCC1.CC(C)(C)C1CCNCC1.CC(C)(C)N1CCC1.CC(C)(C)N1CCCC1.CC(C)(C)N1CCCNCC1.CC(C)(C)c1ccccc1.CC(C)(C)c1ccccn1.CC(C)(C)c1cnco1.CC(C)(C)n1cccn1.CC(C)(C)n1cnnn1.CC(C)c1ccsc1.CC(C)c1cscn1. The van der Waals surface area contributed by atoms with Gasteiger partial charge in [-0.15, -0.1) is 16.4 Å². The van der Waals surface area contributed by atoms with Gasteiger partial charge in [0.05, 0.1) is 28.5 Å². The number of nitrogens with zero attached hydrogens (tertiary/aromatic N) is 12. The van der Waals surface area contributed by atoms with Crippen molar-refractivity contribution in [1.82, 2.24) is 75.6 Å². The van der Waals surface area contributed by atoms with Gasteiger partial charge in [-0.3, -0.25) is 24.4 Å². The van der Waals surface area contributed by atoms with Gasteiger partial charge in [-0.1, -0.05) is 180 Å². The van der Waals surface area contributed by atoms with Gasteiger partial charge in [0.25, 0.3) is 0 Å². The van der Waals surface area contributed by atoms with Gasteiger partial charge >= 0.3 is 0 Å². The summed E-state index contributed by atoms with van der Waals surface area (Å²) in [6.07, 6.45) is 22.2. The predicted octanol–water partition coefficient (Wildman–Crippen LogP) is 23.0. The first-order valence-electron chi connectivity index (χ1n) is 41.7. The van der Waals surface area contributed by atoms with Crippen LogP contribution in [0.2, 0.25) is 0 Å². The van der Waals surface area contributed by atoms with E-state index in [0.717, 1.165) is 37.0 Å². The van der Waals surface area contributed by atoms with Gasteiger partial charge in [0, 0.05) is 76.7 Å². The molecule has 0 spiro atoms. The lowest BCUT2D eigenvalue weighted by Crippen LogP contribution is -2.49. The Hall–Kier alpha value is -5.31. The maximum Gasteiger partial charge on any atom is 0.180 e. The predicted molar refractivity (Wildman–Crippen MR) is 483 cm³/mol. The third-order valence-corrected chi connectivity index (χ3v) is 20.8. The van der Waals surface area contributed by atoms with Crippen molar-refractivity contribution in [3.05, 3.63) is 160 Å². The highest BCUT2D eigenvalue weighted by Crippen LogP contribution is 2.33.